The highest BCUT2D eigenvalue weighted by Crippen LogP contribution is 2.50. The van der Waals surface area contributed by atoms with E-state index in [2.05, 4.69) is 97.9 Å². The highest BCUT2D eigenvalue weighted by Gasteiger charge is 2.28. The minimum absolute atomic E-state index is 0.379. The molecule has 41 heavy (non-hydrogen) atoms. The number of unbranched alkanes of at least 4 members (excludes halogenated alkanes) is 5. The molecule has 7 rings (SSSR count). The maximum Gasteiger partial charge on any atom is 0.124 e. The lowest BCUT2D eigenvalue weighted by Crippen LogP contribution is -2.00. The standard InChI is InChI=1S/C40H38O/c1-2-3-4-5-6-7-14-27-23-24-38(41)40(35-22-13-20-33-31-18-11-9-16-29(31)26-37(33)35)39(27)34-21-12-19-32-30-17-10-8-15-28(30)25-36(32)34/h8-13,15-24,41H,2-7,14,25-26H2,1H3. The van der Waals surface area contributed by atoms with E-state index in [1.165, 1.54) is 105 Å². The van der Waals surface area contributed by atoms with E-state index < -0.39 is 0 Å². The van der Waals surface area contributed by atoms with Gasteiger partial charge in [-0.1, -0.05) is 130 Å². The largest absolute Gasteiger partial charge is 0.507 e. The molecular weight excluding hydrogens is 496 g/mol. The van der Waals surface area contributed by atoms with Crippen molar-refractivity contribution in [2.45, 2.75) is 64.7 Å². The third kappa shape index (κ3) is 4.58. The Morgan fingerprint density at radius 1 is 0.488 bits per heavy atom. The van der Waals surface area contributed by atoms with E-state index in [0.29, 0.717) is 5.75 Å². The van der Waals surface area contributed by atoms with Crippen LogP contribution >= 0.6 is 0 Å². The van der Waals surface area contributed by atoms with Gasteiger partial charge in [0.1, 0.15) is 5.75 Å². The van der Waals surface area contributed by atoms with Crippen molar-refractivity contribution in [3.05, 3.63) is 125 Å². The van der Waals surface area contributed by atoms with E-state index in [1.807, 2.05) is 6.07 Å². The number of hydrogen-bond acceptors (Lipinski definition) is 1. The van der Waals surface area contributed by atoms with Gasteiger partial charge in [-0.2, -0.15) is 0 Å². The molecule has 5 aromatic rings. The van der Waals surface area contributed by atoms with Gasteiger partial charge in [-0.25, -0.2) is 0 Å². The Labute approximate surface area is 244 Å². The highest BCUT2D eigenvalue weighted by atomic mass is 16.3. The predicted octanol–water partition coefficient (Wildman–Crippen LogP) is 10.8. The number of aromatic hydroxyl groups is 1. The molecule has 0 bridgehead atoms. The summed E-state index contributed by atoms with van der Waals surface area (Å²) >= 11 is 0. The third-order valence-electron chi connectivity index (χ3n) is 9.31. The zero-order chi connectivity index (χ0) is 27.8. The first kappa shape index (κ1) is 25.8. The van der Waals surface area contributed by atoms with Crippen molar-refractivity contribution in [2.75, 3.05) is 0 Å². The van der Waals surface area contributed by atoms with Gasteiger partial charge >= 0.3 is 0 Å². The molecule has 0 fully saturated rings. The van der Waals surface area contributed by atoms with E-state index in [0.717, 1.165) is 24.8 Å². The molecule has 2 aliphatic carbocycles. The van der Waals surface area contributed by atoms with Crippen LogP contribution in [0.3, 0.4) is 0 Å². The van der Waals surface area contributed by atoms with E-state index in [1.54, 1.807) is 0 Å². The molecule has 0 saturated heterocycles. The molecule has 0 aliphatic heterocycles. The van der Waals surface area contributed by atoms with Gasteiger partial charge in [0.25, 0.3) is 0 Å². The second-order valence-corrected chi connectivity index (χ2v) is 11.8. The lowest BCUT2D eigenvalue weighted by atomic mass is 9.83. The molecule has 1 nitrogen and oxygen atoms in total. The Hall–Kier alpha value is -4.10. The zero-order valence-electron chi connectivity index (χ0n) is 24.0. The molecule has 1 heteroatoms. The molecule has 0 radical (unpaired) electrons. The number of phenolic OH excluding ortho intramolecular Hbond substituents is 1. The summed E-state index contributed by atoms with van der Waals surface area (Å²) < 4.78 is 0. The molecule has 0 aromatic heterocycles. The molecule has 0 unspecified atom stereocenters. The summed E-state index contributed by atoms with van der Waals surface area (Å²) in [6.45, 7) is 2.28. The number of phenols is 1. The van der Waals surface area contributed by atoms with Crippen LogP contribution in [0.2, 0.25) is 0 Å². The van der Waals surface area contributed by atoms with Crippen LogP contribution in [-0.2, 0) is 19.3 Å². The molecule has 0 heterocycles. The van der Waals surface area contributed by atoms with Gasteiger partial charge in [-0.15, -0.1) is 0 Å². The average Bonchev–Trinajstić information content (AvgIpc) is 3.58. The SMILES string of the molecule is CCCCCCCCc1ccc(O)c(-c2cccc3c2Cc2ccccc2-3)c1-c1cccc2c1Cc1ccccc1-2. The van der Waals surface area contributed by atoms with E-state index >= 15 is 0 Å². The first-order chi connectivity index (χ1) is 20.2. The van der Waals surface area contributed by atoms with E-state index in [4.69, 9.17) is 0 Å². The highest BCUT2D eigenvalue weighted by molar-refractivity contribution is 5.97. The van der Waals surface area contributed by atoms with Gasteiger partial charge in [0.05, 0.1) is 0 Å². The van der Waals surface area contributed by atoms with Gasteiger partial charge in [0.2, 0.25) is 0 Å². The maximum absolute atomic E-state index is 11.7. The van der Waals surface area contributed by atoms with Gasteiger partial charge in [0, 0.05) is 5.56 Å². The molecule has 0 saturated carbocycles. The summed E-state index contributed by atoms with van der Waals surface area (Å²) in [6.07, 6.45) is 10.5. The number of rotatable bonds is 9. The fourth-order valence-corrected chi connectivity index (χ4v) is 7.30. The zero-order valence-corrected chi connectivity index (χ0v) is 24.0. The minimum Gasteiger partial charge on any atom is -0.507 e. The van der Waals surface area contributed by atoms with Crippen LogP contribution < -0.4 is 0 Å². The first-order valence-electron chi connectivity index (χ1n) is 15.5. The van der Waals surface area contributed by atoms with Crippen LogP contribution in [0.25, 0.3) is 44.5 Å². The molecule has 0 spiro atoms. The fraction of sp³-hybridized carbons (Fsp3) is 0.250. The number of hydrogen-bond donors (Lipinski definition) is 1. The van der Waals surface area contributed by atoms with Crippen molar-refractivity contribution in [2.24, 2.45) is 0 Å². The normalized spacial score (nSPS) is 12.6. The van der Waals surface area contributed by atoms with Crippen molar-refractivity contribution in [3.63, 3.8) is 0 Å². The second-order valence-electron chi connectivity index (χ2n) is 11.8. The molecule has 1 N–H and O–H groups in total. The molecule has 0 atom stereocenters. The average molecular weight is 535 g/mol. The van der Waals surface area contributed by atoms with Gasteiger partial charge in [-0.3, -0.25) is 0 Å². The Kier molecular flexibility index (Phi) is 6.97. The number of benzene rings is 5. The van der Waals surface area contributed by atoms with Gasteiger partial charge in [-0.05, 0) is 98.5 Å². The number of aryl methyl sites for hydroxylation is 1. The smallest absolute Gasteiger partial charge is 0.124 e. The minimum atomic E-state index is 0.379. The third-order valence-corrected chi connectivity index (χ3v) is 9.31. The maximum atomic E-state index is 11.7. The molecular formula is C40H38O. The summed E-state index contributed by atoms with van der Waals surface area (Å²) in [5, 5.41) is 11.7. The first-order valence-corrected chi connectivity index (χ1v) is 15.5. The Morgan fingerprint density at radius 2 is 1.00 bits per heavy atom. The van der Waals surface area contributed by atoms with Crippen LogP contribution in [0.4, 0.5) is 0 Å². The Bertz CT molecular complexity index is 1740. The van der Waals surface area contributed by atoms with Crippen LogP contribution in [0.5, 0.6) is 5.75 Å². The van der Waals surface area contributed by atoms with Crippen molar-refractivity contribution in [1.82, 2.24) is 0 Å². The summed E-state index contributed by atoms with van der Waals surface area (Å²) in [4.78, 5) is 0. The van der Waals surface area contributed by atoms with Crippen LogP contribution in [0.15, 0.2) is 97.1 Å². The predicted molar refractivity (Wildman–Crippen MR) is 173 cm³/mol. The molecule has 204 valence electrons. The van der Waals surface area contributed by atoms with Crippen molar-refractivity contribution < 1.29 is 5.11 Å². The topological polar surface area (TPSA) is 20.2 Å². The Morgan fingerprint density at radius 3 is 1.63 bits per heavy atom. The lowest BCUT2D eigenvalue weighted by Gasteiger charge is -2.21. The van der Waals surface area contributed by atoms with Gasteiger partial charge < -0.3 is 5.11 Å². The van der Waals surface area contributed by atoms with E-state index in [9.17, 15) is 5.11 Å². The summed E-state index contributed by atoms with van der Waals surface area (Å²) in [7, 11) is 0. The molecule has 0 amide bonds. The van der Waals surface area contributed by atoms with Crippen LogP contribution in [0, 0.1) is 0 Å². The fourth-order valence-electron chi connectivity index (χ4n) is 7.30. The second kappa shape index (κ2) is 11.1. The molecule has 5 aromatic carbocycles. The van der Waals surface area contributed by atoms with Crippen molar-refractivity contribution in [3.8, 4) is 50.3 Å². The van der Waals surface area contributed by atoms with Gasteiger partial charge in [0.15, 0.2) is 0 Å². The van der Waals surface area contributed by atoms with Crippen LogP contribution in [0.1, 0.15) is 73.3 Å². The molecule has 2 aliphatic rings. The Balaban J connectivity index is 1.39. The summed E-state index contributed by atoms with van der Waals surface area (Å²) in [6, 6.07) is 35.2. The number of fused-ring (bicyclic) bond motifs is 6. The van der Waals surface area contributed by atoms with E-state index in [-0.39, 0.29) is 0 Å². The quantitative estimate of drug-likeness (QED) is 0.183. The summed E-state index contributed by atoms with van der Waals surface area (Å²) in [5.74, 6) is 0.379. The summed E-state index contributed by atoms with van der Waals surface area (Å²) in [5.41, 5.74) is 16.8. The van der Waals surface area contributed by atoms with Crippen LogP contribution in [-0.4, -0.2) is 5.11 Å². The lowest BCUT2D eigenvalue weighted by molar-refractivity contribution is 0.477. The van der Waals surface area contributed by atoms with Crippen molar-refractivity contribution >= 4 is 0 Å². The van der Waals surface area contributed by atoms with Crippen molar-refractivity contribution in [1.29, 1.82) is 0 Å². The monoisotopic (exact) mass is 534 g/mol.